The van der Waals surface area contributed by atoms with Crippen LogP contribution in [0.1, 0.15) is 68.2 Å². The van der Waals surface area contributed by atoms with Crippen LogP contribution in [0.3, 0.4) is 0 Å². The summed E-state index contributed by atoms with van der Waals surface area (Å²) in [5.74, 6) is 0. The maximum Gasteiger partial charge on any atom is -0.0590 e. The van der Waals surface area contributed by atoms with Crippen molar-refractivity contribution in [2.45, 2.75) is 68.2 Å². The summed E-state index contributed by atoms with van der Waals surface area (Å²) in [6, 6.07) is 0. The molecule has 3 N–H and O–H groups in total. The lowest BCUT2D eigenvalue weighted by Gasteiger charge is -1.48. The third kappa shape index (κ3) is 394000. The molecule has 1 heteroatoms. The quantitative estimate of drug-likeness (QED) is 0.535. The second kappa shape index (κ2) is 208. The predicted molar refractivity (Wildman–Crippen MR) is 59.6 cm³/mol. The van der Waals surface area contributed by atoms with Crippen molar-refractivity contribution in [2.75, 3.05) is 0 Å². The first-order chi connectivity index (χ1) is 4.83. The molecule has 0 aromatic heterocycles. The molecule has 0 aliphatic carbocycles. The van der Waals surface area contributed by atoms with Gasteiger partial charge in [0.15, 0.2) is 0 Å². The van der Waals surface area contributed by atoms with E-state index in [1.54, 1.807) is 0 Å². The Morgan fingerprint density at radius 3 is 0.545 bits per heavy atom. The second-order valence-corrected chi connectivity index (χ2v) is 1.41. The molecule has 0 heterocycles. The Labute approximate surface area is 75.2 Å². The van der Waals surface area contributed by atoms with E-state index in [-0.39, 0.29) is 6.15 Å². The van der Waals surface area contributed by atoms with Gasteiger partial charge in [-0.15, -0.1) is 0 Å². The maximum absolute atomic E-state index is 2.12. The molecule has 76 valence electrons. The molecule has 0 amide bonds. The van der Waals surface area contributed by atoms with Gasteiger partial charge in [0.25, 0.3) is 0 Å². The van der Waals surface area contributed by atoms with Gasteiger partial charge in [-0.2, -0.15) is 0 Å². The largest absolute Gasteiger partial charge is 0.344 e. The molecule has 0 fully saturated rings. The van der Waals surface area contributed by atoms with Crippen molar-refractivity contribution in [3.8, 4) is 0 Å². The van der Waals surface area contributed by atoms with Crippen LogP contribution in [0, 0.1) is 0 Å². The minimum Gasteiger partial charge on any atom is -0.344 e. The molecule has 11 heavy (non-hydrogen) atoms. The van der Waals surface area contributed by atoms with E-state index in [1.807, 2.05) is 27.7 Å². The van der Waals surface area contributed by atoms with Gasteiger partial charge in [-0.25, -0.2) is 0 Å². The van der Waals surface area contributed by atoms with Crippen molar-refractivity contribution in [3.63, 3.8) is 0 Å². The molecule has 0 aromatic rings. The summed E-state index contributed by atoms with van der Waals surface area (Å²) in [6.45, 7) is 16.5. The maximum atomic E-state index is 2.12. The molecular weight excluding hydrogens is 134 g/mol. The van der Waals surface area contributed by atoms with E-state index in [9.17, 15) is 0 Å². The normalized spacial score (nSPS) is 4.36. The summed E-state index contributed by atoms with van der Waals surface area (Å²) in [5.41, 5.74) is 0. The van der Waals surface area contributed by atoms with Gasteiger partial charge in [0.05, 0.1) is 0 Å². The van der Waals surface area contributed by atoms with Crippen LogP contribution < -0.4 is 6.15 Å². The van der Waals surface area contributed by atoms with E-state index in [0.717, 1.165) is 0 Å². The molecule has 1 nitrogen and oxygen atoms in total. The lowest BCUT2D eigenvalue weighted by atomic mass is 10.6. The summed E-state index contributed by atoms with van der Waals surface area (Å²) in [5, 5.41) is 0. The smallest absolute Gasteiger partial charge is 0.0590 e. The Bertz CT molecular complexity index is 6.83. The van der Waals surface area contributed by atoms with Crippen molar-refractivity contribution in [1.29, 1.82) is 0 Å². The number of rotatable bonds is 0. The van der Waals surface area contributed by atoms with Crippen LogP contribution in [0.4, 0.5) is 0 Å². The average molecular weight is 165 g/mol. The van der Waals surface area contributed by atoms with E-state index >= 15 is 0 Å². The molecule has 0 atom stereocenters. The molecule has 0 rings (SSSR count). The van der Waals surface area contributed by atoms with Gasteiger partial charge < -0.3 is 6.15 Å². The first-order valence-corrected chi connectivity index (χ1v) is 4.83. The Balaban J connectivity index is -0.0000000144. The van der Waals surface area contributed by atoms with E-state index in [2.05, 4.69) is 27.7 Å². The SMILES string of the molecule is CC.CC.CCC.CCC.N. The molecule has 0 saturated heterocycles. The highest BCUT2D eigenvalue weighted by Gasteiger charge is 1.36. The molecule has 0 aromatic carbocycles. The van der Waals surface area contributed by atoms with Crippen LogP contribution in [0.2, 0.25) is 0 Å². The molecule has 0 aliphatic heterocycles. The van der Waals surface area contributed by atoms with Gasteiger partial charge >= 0.3 is 0 Å². The zero-order chi connectivity index (χ0) is 9.41. The summed E-state index contributed by atoms with van der Waals surface area (Å²) < 4.78 is 0. The fourth-order valence-corrected chi connectivity index (χ4v) is 0. The summed E-state index contributed by atoms with van der Waals surface area (Å²) in [4.78, 5) is 0. The predicted octanol–water partition coefficient (Wildman–Crippen LogP) is 5.05. The average Bonchev–Trinajstić information content (AvgIpc) is 1.99. The van der Waals surface area contributed by atoms with Crippen LogP contribution in [0.15, 0.2) is 0 Å². The Kier molecular flexibility index (Phi) is 579. The Morgan fingerprint density at radius 2 is 0.545 bits per heavy atom. The summed E-state index contributed by atoms with van der Waals surface area (Å²) >= 11 is 0. The van der Waals surface area contributed by atoms with Gasteiger partial charge in [-0.3, -0.25) is 0 Å². The van der Waals surface area contributed by atoms with Crippen LogP contribution in [-0.4, -0.2) is 0 Å². The van der Waals surface area contributed by atoms with E-state index in [1.165, 1.54) is 12.8 Å². The topological polar surface area (TPSA) is 35.0 Å². The summed E-state index contributed by atoms with van der Waals surface area (Å²) in [6.07, 6.45) is 2.50. The zero-order valence-electron chi connectivity index (χ0n) is 10.1. The molecular formula is C10H31N. The van der Waals surface area contributed by atoms with Gasteiger partial charge in [0.2, 0.25) is 0 Å². The highest BCUT2D eigenvalue weighted by atomic mass is 14.0. The van der Waals surface area contributed by atoms with Crippen molar-refractivity contribution in [2.24, 2.45) is 0 Å². The highest BCUT2D eigenvalue weighted by molar-refractivity contribution is 3.92. The van der Waals surface area contributed by atoms with Crippen LogP contribution >= 0.6 is 0 Å². The van der Waals surface area contributed by atoms with E-state index in [4.69, 9.17) is 0 Å². The number of hydrogen-bond donors (Lipinski definition) is 1. The molecule has 0 saturated carbocycles. The van der Waals surface area contributed by atoms with E-state index in [0.29, 0.717) is 0 Å². The minimum absolute atomic E-state index is 0. The first-order valence-electron chi connectivity index (χ1n) is 4.83. The molecule has 0 bridgehead atoms. The fraction of sp³-hybridized carbons (Fsp3) is 1.00. The standard InChI is InChI=1S/2C3H8.2C2H6.H3N/c2*1-3-2;2*1-2;/h2*3H2,1-2H3;2*1-2H3;1H3. The first kappa shape index (κ1) is 30.6. The van der Waals surface area contributed by atoms with Crippen molar-refractivity contribution in [3.05, 3.63) is 0 Å². The molecule has 0 radical (unpaired) electrons. The van der Waals surface area contributed by atoms with Crippen LogP contribution in [0.5, 0.6) is 0 Å². The third-order valence-electron chi connectivity index (χ3n) is 0. The van der Waals surface area contributed by atoms with Gasteiger partial charge in [-0.1, -0.05) is 68.2 Å². The highest BCUT2D eigenvalue weighted by Crippen LogP contribution is 1.56. The van der Waals surface area contributed by atoms with Crippen LogP contribution in [0.25, 0.3) is 0 Å². The van der Waals surface area contributed by atoms with Gasteiger partial charge in [-0.05, 0) is 0 Å². The fourth-order valence-electron chi connectivity index (χ4n) is 0. The van der Waals surface area contributed by atoms with Gasteiger partial charge in [0, 0.05) is 0 Å². The van der Waals surface area contributed by atoms with Crippen molar-refractivity contribution in [1.82, 2.24) is 6.15 Å². The van der Waals surface area contributed by atoms with E-state index < -0.39 is 0 Å². The van der Waals surface area contributed by atoms with Crippen LogP contribution in [-0.2, 0) is 0 Å². The molecule has 0 unspecified atom stereocenters. The van der Waals surface area contributed by atoms with Crippen molar-refractivity contribution >= 4 is 0 Å². The lowest BCUT2D eigenvalue weighted by Crippen LogP contribution is -1.27. The third-order valence-corrected chi connectivity index (χ3v) is 0. The Hall–Kier alpha value is -0.0400. The monoisotopic (exact) mass is 165 g/mol. The zero-order valence-corrected chi connectivity index (χ0v) is 10.1. The van der Waals surface area contributed by atoms with Gasteiger partial charge in [0.1, 0.15) is 0 Å². The Morgan fingerprint density at radius 1 is 0.545 bits per heavy atom. The summed E-state index contributed by atoms with van der Waals surface area (Å²) in [7, 11) is 0. The van der Waals surface area contributed by atoms with Crippen molar-refractivity contribution < 1.29 is 0 Å². The minimum atomic E-state index is 0. The number of hydrogen-bond acceptors (Lipinski definition) is 1. The molecule has 0 aliphatic rings. The second-order valence-electron chi connectivity index (χ2n) is 1.41. The molecule has 0 spiro atoms. The lowest BCUT2D eigenvalue weighted by molar-refractivity contribution is 1.09.